The molecule has 166 valence electrons. The summed E-state index contributed by atoms with van der Waals surface area (Å²) >= 11 is 0. The summed E-state index contributed by atoms with van der Waals surface area (Å²) in [6.07, 6.45) is 6.79. The molecule has 3 fully saturated rings. The van der Waals surface area contributed by atoms with Crippen molar-refractivity contribution in [3.8, 4) is 0 Å². The van der Waals surface area contributed by atoms with Gasteiger partial charge in [-0.3, -0.25) is 9.59 Å². The fourth-order valence-electron chi connectivity index (χ4n) is 6.65. The standard InChI is InChI=1S/C25H42O4/c1-14(2)18-9-7-16(5)11-20(18)25(24(27)28)13-21(25)23(26)29-22-12-17(6)8-10-19(22)15(3)4/h14-22H,7-13H2,1-6H3,(H,27,28)/t16-,17?,18+,19?,20+,21+,22?,25+/m1/s1. The van der Waals surface area contributed by atoms with E-state index in [1.54, 1.807) is 0 Å². The zero-order valence-corrected chi connectivity index (χ0v) is 19.3. The first-order chi connectivity index (χ1) is 13.6. The van der Waals surface area contributed by atoms with Gasteiger partial charge in [-0.05, 0) is 73.5 Å². The van der Waals surface area contributed by atoms with E-state index in [9.17, 15) is 14.7 Å². The molecule has 3 rings (SSSR count). The predicted octanol–water partition coefficient (Wildman–Crippen LogP) is 5.79. The number of carboxylic acids is 1. The highest BCUT2D eigenvalue weighted by Crippen LogP contribution is 2.64. The van der Waals surface area contributed by atoms with Gasteiger partial charge >= 0.3 is 11.9 Å². The number of carbonyl (C=O) groups is 2. The summed E-state index contributed by atoms with van der Waals surface area (Å²) in [5.41, 5.74) is -0.895. The molecule has 0 aliphatic heterocycles. The number of hydrogen-bond donors (Lipinski definition) is 1. The topological polar surface area (TPSA) is 63.6 Å². The average Bonchev–Trinajstić information content (AvgIpc) is 3.38. The van der Waals surface area contributed by atoms with Crippen molar-refractivity contribution in [2.75, 3.05) is 0 Å². The quantitative estimate of drug-likeness (QED) is 0.567. The summed E-state index contributed by atoms with van der Waals surface area (Å²) in [5, 5.41) is 10.2. The van der Waals surface area contributed by atoms with Crippen LogP contribution >= 0.6 is 0 Å². The first-order valence-corrected chi connectivity index (χ1v) is 12.0. The second-order valence-electron chi connectivity index (χ2n) is 11.3. The van der Waals surface area contributed by atoms with Gasteiger partial charge in [-0.2, -0.15) is 0 Å². The Morgan fingerprint density at radius 3 is 2.00 bits per heavy atom. The van der Waals surface area contributed by atoms with E-state index in [4.69, 9.17) is 4.74 Å². The number of rotatable bonds is 6. The van der Waals surface area contributed by atoms with Crippen LogP contribution in [0.3, 0.4) is 0 Å². The van der Waals surface area contributed by atoms with Crippen LogP contribution in [0.25, 0.3) is 0 Å². The Morgan fingerprint density at radius 2 is 1.45 bits per heavy atom. The largest absolute Gasteiger partial charge is 0.481 e. The minimum absolute atomic E-state index is 0.0514. The van der Waals surface area contributed by atoms with Crippen LogP contribution in [0.4, 0.5) is 0 Å². The van der Waals surface area contributed by atoms with Crippen molar-refractivity contribution >= 4 is 11.9 Å². The van der Waals surface area contributed by atoms with E-state index in [0.717, 1.165) is 25.7 Å². The van der Waals surface area contributed by atoms with Gasteiger partial charge in [-0.15, -0.1) is 0 Å². The fourth-order valence-corrected chi connectivity index (χ4v) is 6.65. The van der Waals surface area contributed by atoms with Crippen LogP contribution < -0.4 is 0 Å². The van der Waals surface area contributed by atoms with E-state index in [1.807, 2.05) is 0 Å². The van der Waals surface area contributed by atoms with Gasteiger partial charge in [0.1, 0.15) is 6.10 Å². The molecule has 0 spiro atoms. The zero-order chi connectivity index (χ0) is 21.5. The van der Waals surface area contributed by atoms with Crippen LogP contribution in [0.2, 0.25) is 0 Å². The van der Waals surface area contributed by atoms with Gasteiger partial charge in [0, 0.05) is 0 Å². The van der Waals surface area contributed by atoms with Crippen LogP contribution in [0, 0.1) is 52.8 Å². The number of carbonyl (C=O) groups excluding carboxylic acids is 1. The third-order valence-electron chi connectivity index (χ3n) is 8.60. The van der Waals surface area contributed by atoms with Gasteiger partial charge in [-0.1, -0.05) is 54.4 Å². The van der Waals surface area contributed by atoms with Crippen molar-refractivity contribution in [3.63, 3.8) is 0 Å². The van der Waals surface area contributed by atoms with Gasteiger partial charge in [0.25, 0.3) is 0 Å². The molecule has 4 heteroatoms. The maximum absolute atomic E-state index is 13.2. The molecule has 3 aliphatic carbocycles. The monoisotopic (exact) mass is 406 g/mol. The van der Waals surface area contributed by atoms with Crippen LogP contribution in [-0.2, 0) is 14.3 Å². The van der Waals surface area contributed by atoms with Crippen LogP contribution in [0.1, 0.15) is 86.5 Å². The lowest BCUT2D eigenvalue weighted by atomic mass is 9.63. The molecule has 0 aromatic heterocycles. The SMILES string of the molecule is CC1CCC(C(C)C)C(OC(=O)[C@@H]2C[C@]2(C(=O)O)[C@H]2C[C@H](C)CC[C@H]2C(C)C)C1. The average molecular weight is 407 g/mol. The van der Waals surface area contributed by atoms with Crippen molar-refractivity contribution in [3.05, 3.63) is 0 Å². The molecule has 8 atom stereocenters. The maximum Gasteiger partial charge on any atom is 0.310 e. The fraction of sp³-hybridized carbons (Fsp3) is 0.920. The number of aliphatic carboxylic acids is 1. The Bertz CT molecular complexity index is 612. The molecular weight excluding hydrogens is 364 g/mol. The summed E-state index contributed by atoms with van der Waals surface area (Å²) in [5.74, 6) is 1.43. The summed E-state index contributed by atoms with van der Waals surface area (Å²) in [4.78, 5) is 25.7. The van der Waals surface area contributed by atoms with Crippen molar-refractivity contribution in [1.82, 2.24) is 0 Å². The normalized spacial score (nSPS) is 42.7. The molecule has 0 radical (unpaired) electrons. The van der Waals surface area contributed by atoms with Crippen molar-refractivity contribution in [2.24, 2.45) is 52.8 Å². The molecular formula is C25H42O4. The van der Waals surface area contributed by atoms with Crippen molar-refractivity contribution < 1.29 is 19.4 Å². The minimum atomic E-state index is -0.895. The number of esters is 1. The summed E-state index contributed by atoms with van der Waals surface area (Å²) < 4.78 is 6.08. The third-order valence-corrected chi connectivity index (χ3v) is 8.60. The van der Waals surface area contributed by atoms with E-state index in [0.29, 0.717) is 41.9 Å². The highest BCUT2D eigenvalue weighted by Gasteiger charge is 2.70. The van der Waals surface area contributed by atoms with Gasteiger partial charge in [0.15, 0.2) is 0 Å². The molecule has 1 N–H and O–H groups in total. The lowest BCUT2D eigenvalue weighted by molar-refractivity contribution is -0.164. The van der Waals surface area contributed by atoms with E-state index in [-0.39, 0.29) is 18.0 Å². The molecule has 0 bridgehead atoms. The molecule has 0 aromatic carbocycles. The highest BCUT2D eigenvalue weighted by molar-refractivity contribution is 5.90. The van der Waals surface area contributed by atoms with Gasteiger partial charge in [0.05, 0.1) is 11.3 Å². The second-order valence-corrected chi connectivity index (χ2v) is 11.3. The van der Waals surface area contributed by atoms with E-state index >= 15 is 0 Å². The minimum Gasteiger partial charge on any atom is -0.481 e. The van der Waals surface area contributed by atoms with Gasteiger partial charge in [-0.25, -0.2) is 0 Å². The van der Waals surface area contributed by atoms with Gasteiger partial charge in [0.2, 0.25) is 0 Å². The molecule has 3 unspecified atom stereocenters. The highest BCUT2D eigenvalue weighted by atomic mass is 16.5. The van der Waals surface area contributed by atoms with Crippen molar-refractivity contribution in [2.45, 2.75) is 92.6 Å². The van der Waals surface area contributed by atoms with Crippen LogP contribution in [-0.4, -0.2) is 23.1 Å². The number of ether oxygens (including phenoxy) is 1. The molecule has 0 amide bonds. The second kappa shape index (κ2) is 8.59. The van der Waals surface area contributed by atoms with E-state index in [1.165, 1.54) is 12.8 Å². The predicted molar refractivity (Wildman–Crippen MR) is 114 cm³/mol. The molecule has 4 nitrogen and oxygen atoms in total. The Hall–Kier alpha value is -1.06. The lowest BCUT2D eigenvalue weighted by Gasteiger charge is -2.41. The first kappa shape index (κ1) is 22.6. The molecule has 0 saturated heterocycles. The van der Waals surface area contributed by atoms with Crippen LogP contribution in [0.15, 0.2) is 0 Å². The third kappa shape index (κ3) is 4.37. The first-order valence-electron chi connectivity index (χ1n) is 12.0. The Morgan fingerprint density at radius 1 is 0.897 bits per heavy atom. The van der Waals surface area contributed by atoms with E-state index in [2.05, 4.69) is 41.5 Å². The molecule has 3 aliphatic rings. The Balaban J connectivity index is 1.76. The molecule has 0 heterocycles. The van der Waals surface area contributed by atoms with E-state index < -0.39 is 17.3 Å². The summed E-state index contributed by atoms with van der Waals surface area (Å²) in [6, 6.07) is 0. The Labute approximate surface area is 177 Å². The zero-order valence-electron chi connectivity index (χ0n) is 19.3. The van der Waals surface area contributed by atoms with Gasteiger partial charge < -0.3 is 9.84 Å². The summed E-state index contributed by atoms with van der Waals surface area (Å²) in [6.45, 7) is 13.3. The molecule has 3 saturated carbocycles. The van der Waals surface area contributed by atoms with Crippen LogP contribution in [0.5, 0.6) is 0 Å². The summed E-state index contributed by atoms with van der Waals surface area (Å²) in [7, 11) is 0. The number of hydrogen-bond acceptors (Lipinski definition) is 3. The lowest BCUT2D eigenvalue weighted by Crippen LogP contribution is -2.41. The molecule has 0 aromatic rings. The Kier molecular flexibility index (Phi) is 6.70. The smallest absolute Gasteiger partial charge is 0.310 e. The number of carboxylic acid groups (broad SMARTS) is 1. The van der Waals surface area contributed by atoms with Crippen molar-refractivity contribution in [1.29, 1.82) is 0 Å². The molecule has 29 heavy (non-hydrogen) atoms. The maximum atomic E-state index is 13.2.